The van der Waals surface area contributed by atoms with E-state index < -0.39 is 5.97 Å². The molecule has 0 radical (unpaired) electrons. The van der Waals surface area contributed by atoms with E-state index in [1.807, 2.05) is 5.38 Å². The van der Waals surface area contributed by atoms with E-state index in [1.165, 1.54) is 11.3 Å². The van der Waals surface area contributed by atoms with Crippen LogP contribution in [0.2, 0.25) is 0 Å². The summed E-state index contributed by atoms with van der Waals surface area (Å²) in [5.41, 5.74) is 0.631. The number of rotatable bonds is 9. The van der Waals surface area contributed by atoms with E-state index in [0.717, 1.165) is 0 Å². The minimum Gasteiger partial charge on any atom is -0.481 e. The fourth-order valence-corrected chi connectivity index (χ4v) is 2.33. The highest BCUT2D eigenvalue weighted by atomic mass is 32.1. The van der Waals surface area contributed by atoms with E-state index in [4.69, 9.17) is 5.11 Å². The summed E-state index contributed by atoms with van der Waals surface area (Å²) < 4.78 is 0. The average molecular weight is 312 g/mol. The van der Waals surface area contributed by atoms with Gasteiger partial charge in [-0.3, -0.25) is 14.4 Å². The first-order valence-corrected chi connectivity index (χ1v) is 7.72. The van der Waals surface area contributed by atoms with Crippen LogP contribution in [0.25, 0.3) is 0 Å². The third-order valence-electron chi connectivity index (χ3n) is 2.82. The lowest BCUT2D eigenvalue weighted by Crippen LogP contribution is -2.30. The normalized spacial score (nSPS) is 11.7. The molecule has 1 heterocycles. The minimum absolute atomic E-state index is 0.0387. The van der Waals surface area contributed by atoms with Crippen LogP contribution in [-0.4, -0.2) is 36.0 Å². The Balaban J connectivity index is 2.08. The average Bonchev–Trinajstić information content (AvgIpc) is 2.94. The maximum absolute atomic E-state index is 11.6. The van der Waals surface area contributed by atoms with Crippen LogP contribution >= 0.6 is 11.3 Å². The lowest BCUT2D eigenvalue weighted by Gasteiger charge is -2.10. The second kappa shape index (κ2) is 9.12. The highest BCUT2D eigenvalue weighted by molar-refractivity contribution is 7.08. The molecule has 0 aliphatic carbocycles. The summed E-state index contributed by atoms with van der Waals surface area (Å²) in [6, 6.07) is 1.75. The van der Waals surface area contributed by atoms with Gasteiger partial charge < -0.3 is 15.7 Å². The van der Waals surface area contributed by atoms with E-state index in [-0.39, 0.29) is 24.2 Å². The summed E-state index contributed by atoms with van der Waals surface area (Å²) in [5.74, 6) is -1.22. The van der Waals surface area contributed by atoms with Crippen LogP contribution < -0.4 is 10.6 Å². The van der Waals surface area contributed by atoms with Gasteiger partial charge in [-0.1, -0.05) is 6.92 Å². The first kappa shape index (κ1) is 17.2. The molecule has 0 aromatic carbocycles. The van der Waals surface area contributed by atoms with Crippen LogP contribution in [0.5, 0.6) is 0 Å². The number of carboxylic acids is 1. The zero-order valence-corrected chi connectivity index (χ0v) is 12.7. The molecular weight excluding hydrogens is 292 g/mol. The molecule has 1 atom stereocenters. The SMILES string of the molecule is CC(CNC(=O)CCCNC(=O)c1ccsc1)CC(=O)O. The molecule has 2 amide bonds. The second-order valence-electron chi connectivity index (χ2n) is 4.88. The number of carboxylic acid groups (broad SMARTS) is 1. The van der Waals surface area contributed by atoms with Crippen LogP contribution in [0.3, 0.4) is 0 Å². The van der Waals surface area contributed by atoms with Crippen molar-refractivity contribution >= 4 is 29.1 Å². The van der Waals surface area contributed by atoms with E-state index in [9.17, 15) is 14.4 Å². The fraction of sp³-hybridized carbons (Fsp3) is 0.500. The predicted octanol–water partition coefficient (Wildman–Crippen LogP) is 1.49. The molecular formula is C14H20N2O4S. The van der Waals surface area contributed by atoms with Crippen molar-refractivity contribution < 1.29 is 19.5 Å². The zero-order chi connectivity index (χ0) is 15.7. The minimum atomic E-state index is -0.868. The fourth-order valence-electron chi connectivity index (χ4n) is 1.69. The topological polar surface area (TPSA) is 95.5 Å². The number of aliphatic carboxylic acids is 1. The monoisotopic (exact) mass is 312 g/mol. The Morgan fingerprint density at radius 1 is 1.33 bits per heavy atom. The van der Waals surface area contributed by atoms with Crippen LogP contribution in [0.4, 0.5) is 0 Å². The Morgan fingerprint density at radius 2 is 2.10 bits per heavy atom. The number of hydrogen-bond donors (Lipinski definition) is 3. The number of amides is 2. The molecule has 0 aliphatic heterocycles. The third kappa shape index (κ3) is 7.45. The van der Waals surface area contributed by atoms with Gasteiger partial charge in [0.1, 0.15) is 0 Å². The summed E-state index contributed by atoms with van der Waals surface area (Å²) in [5, 5.41) is 17.6. The molecule has 1 rings (SSSR count). The van der Waals surface area contributed by atoms with Crippen LogP contribution in [0.1, 0.15) is 36.5 Å². The molecule has 0 fully saturated rings. The van der Waals surface area contributed by atoms with E-state index in [2.05, 4.69) is 10.6 Å². The van der Waals surface area contributed by atoms with Gasteiger partial charge in [-0.2, -0.15) is 11.3 Å². The number of nitrogens with one attached hydrogen (secondary N) is 2. The molecule has 0 saturated heterocycles. The molecule has 1 aromatic heterocycles. The van der Waals surface area contributed by atoms with E-state index in [1.54, 1.807) is 18.4 Å². The van der Waals surface area contributed by atoms with Crippen LogP contribution in [0, 0.1) is 5.92 Å². The van der Waals surface area contributed by atoms with Gasteiger partial charge in [0.15, 0.2) is 0 Å². The molecule has 6 nitrogen and oxygen atoms in total. The van der Waals surface area contributed by atoms with Gasteiger partial charge in [0.25, 0.3) is 5.91 Å². The van der Waals surface area contributed by atoms with Gasteiger partial charge in [-0.25, -0.2) is 0 Å². The summed E-state index contributed by atoms with van der Waals surface area (Å²) in [4.78, 5) is 33.6. The second-order valence-corrected chi connectivity index (χ2v) is 5.66. The number of hydrogen-bond acceptors (Lipinski definition) is 4. The molecule has 0 saturated carbocycles. The molecule has 116 valence electrons. The lowest BCUT2D eigenvalue weighted by atomic mass is 10.1. The van der Waals surface area contributed by atoms with E-state index >= 15 is 0 Å². The van der Waals surface area contributed by atoms with Crippen molar-refractivity contribution in [1.29, 1.82) is 0 Å². The highest BCUT2D eigenvalue weighted by Gasteiger charge is 2.09. The van der Waals surface area contributed by atoms with Crippen molar-refractivity contribution in [2.24, 2.45) is 5.92 Å². The van der Waals surface area contributed by atoms with Crippen LogP contribution in [0.15, 0.2) is 16.8 Å². The molecule has 7 heteroatoms. The summed E-state index contributed by atoms with van der Waals surface area (Å²) in [6.45, 7) is 2.56. The Morgan fingerprint density at radius 3 is 2.71 bits per heavy atom. The molecule has 1 aromatic rings. The number of carbonyl (C=O) groups is 3. The van der Waals surface area contributed by atoms with Gasteiger partial charge >= 0.3 is 5.97 Å². The smallest absolute Gasteiger partial charge is 0.303 e. The quantitative estimate of drug-likeness (QED) is 0.602. The van der Waals surface area contributed by atoms with Gasteiger partial charge in [-0.15, -0.1) is 0 Å². The largest absolute Gasteiger partial charge is 0.481 e. The van der Waals surface area contributed by atoms with Crippen molar-refractivity contribution in [3.63, 3.8) is 0 Å². The Bertz CT molecular complexity index is 473. The van der Waals surface area contributed by atoms with Crippen molar-refractivity contribution in [2.45, 2.75) is 26.2 Å². The van der Waals surface area contributed by atoms with Gasteiger partial charge in [0.2, 0.25) is 5.91 Å². The molecule has 0 aliphatic rings. The van der Waals surface area contributed by atoms with Crippen molar-refractivity contribution in [2.75, 3.05) is 13.1 Å². The third-order valence-corrected chi connectivity index (χ3v) is 3.50. The predicted molar refractivity (Wildman–Crippen MR) is 80.3 cm³/mol. The first-order valence-electron chi connectivity index (χ1n) is 6.78. The lowest BCUT2D eigenvalue weighted by molar-refractivity contribution is -0.138. The first-order chi connectivity index (χ1) is 9.99. The van der Waals surface area contributed by atoms with Crippen LogP contribution in [-0.2, 0) is 9.59 Å². The zero-order valence-electron chi connectivity index (χ0n) is 11.9. The summed E-state index contributed by atoms with van der Waals surface area (Å²) in [7, 11) is 0. The standard InChI is InChI=1S/C14H20N2O4S/c1-10(7-13(18)19)8-16-12(17)3-2-5-15-14(20)11-4-6-21-9-11/h4,6,9-10H,2-3,5,7-8H2,1H3,(H,15,20)(H,16,17)(H,18,19). The van der Waals surface area contributed by atoms with Gasteiger partial charge in [-0.05, 0) is 23.8 Å². The summed E-state index contributed by atoms with van der Waals surface area (Å²) in [6.07, 6.45) is 0.899. The Hall–Kier alpha value is -1.89. The molecule has 1 unspecified atom stereocenters. The van der Waals surface area contributed by atoms with Gasteiger partial charge in [0.05, 0.1) is 0 Å². The molecule has 0 spiro atoms. The Labute approximate surface area is 127 Å². The number of thiophene rings is 1. The van der Waals surface area contributed by atoms with E-state index in [0.29, 0.717) is 31.5 Å². The van der Waals surface area contributed by atoms with Crippen molar-refractivity contribution in [1.82, 2.24) is 10.6 Å². The number of carbonyl (C=O) groups excluding carboxylic acids is 2. The highest BCUT2D eigenvalue weighted by Crippen LogP contribution is 2.05. The Kier molecular flexibility index (Phi) is 7.45. The van der Waals surface area contributed by atoms with Crippen molar-refractivity contribution in [3.05, 3.63) is 22.4 Å². The molecule has 3 N–H and O–H groups in total. The maximum atomic E-state index is 11.6. The maximum Gasteiger partial charge on any atom is 0.303 e. The van der Waals surface area contributed by atoms with Gasteiger partial charge in [0, 0.05) is 36.9 Å². The summed E-state index contributed by atoms with van der Waals surface area (Å²) >= 11 is 1.46. The molecule has 0 bridgehead atoms. The molecule has 21 heavy (non-hydrogen) atoms. The van der Waals surface area contributed by atoms with Crippen molar-refractivity contribution in [3.8, 4) is 0 Å².